The first-order valence-corrected chi connectivity index (χ1v) is 7.94. The van der Waals surface area contributed by atoms with Crippen LogP contribution in [0.25, 0.3) is 0 Å². The molecule has 2 saturated carbocycles. The Labute approximate surface area is 132 Å². The second kappa shape index (κ2) is 6.26. The lowest BCUT2D eigenvalue weighted by Gasteiger charge is -2.25. The summed E-state index contributed by atoms with van der Waals surface area (Å²) in [6.07, 6.45) is 2.64. The molecule has 3 rings (SSSR count). The number of carboxylic acid groups (broad SMARTS) is 1. The molecule has 2 aliphatic carbocycles. The van der Waals surface area contributed by atoms with Gasteiger partial charge in [-0.3, -0.25) is 9.59 Å². The molecule has 6 heteroatoms. The summed E-state index contributed by atoms with van der Waals surface area (Å²) in [5.74, 6) is -2.95. The highest BCUT2D eigenvalue weighted by Crippen LogP contribution is 2.43. The van der Waals surface area contributed by atoms with Crippen molar-refractivity contribution in [3.8, 4) is 0 Å². The average molecular weight is 323 g/mol. The third-order valence-electron chi connectivity index (χ3n) is 4.94. The number of carbonyl (C=O) groups is 2. The van der Waals surface area contributed by atoms with Gasteiger partial charge in [0.2, 0.25) is 5.91 Å². The summed E-state index contributed by atoms with van der Waals surface area (Å²) in [6.45, 7) is 0. The van der Waals surface area contributed by atoms with E-state index in [2.05, 4.69) is 5.32 Å². The van der Waals surface area contributed by atoms with E-state index >= 15 is 0 Å². The van der Waals surface area contributed by atoms with E-state index in [1.54, 1.807) is 0 Å². The molecule has 4 nitrogen and oxygen atoms in total. The van der Waals surface area contributed by atoms with Crippen LogP contribution in [0, 0.1) is 23.5 Å². The Morgan fingerprint density at radius 1 is 1.04 bits per heavy atom. The largest absolute Gasteiger partial charge is 0.481 e. The topological polar surface area (TPSA) is 66.4 Å². The normalized spacial score (nSPS) is 29.8. The second-order valence-electron chi connectivity index (χ2n) is 6.48. The lowest BCUT2D eigenvalue weighted by molar-refractivity contribution is -0.144. The summed E-state index contributed by atoms with van der Waals surface area (Å²) in [6, 6.07) is 3.54. The van der Waals surface area contributed by atoms with Gasteiger partial charge in [0.15, 0.2) is 0 Å². The van der Waals surface area contributed by atoms with Crippen molar-refractivity contribution in [1.29, 1.82) is 0 Å². The molecule has 0 heterocycles. The SMILES string of the molecule is O=C(O)C1CCC(C(=O)NC2CC2c2c(F)cccc2F)CC1. The van der Waals surface area contributed by atoms with Gasteiger partial charge in [-0.1, -0.05) is 6.07 Å². The van der Waals surface area contributed by atoms with Gasteiger partial charge in [0.05, 0.1) is 5.92 Å². The summed E-state index contributed by atoms with van der Waals surface area (Å²) < 4.78 is 27.4. The lowest BCUT2D eigenvalue weighted by atomic mass is 9.81. The third-order valence-corrected chi connectivity index (χ3v) is 4.94. The minimum Gasteiger partial charge on any atom is -0.481 e. The number of rotatable bonds is 4. The molecule has 0 spiro atoms. The minimum atomic E-state index is -0.804. The molecule has 1 amide bonds. The summed E-state index contributed by atoms with van der Waals surface area (Å²) in [5.41, 5.74) is 0.0485. The summed E-state index contributed by atoms with van der Waals surface area (Å²) in [5, 5.41) is 11.8. The number of carboxylic acids is 1. The van der Waals surface area contributed by atoms with Gasteiger partial charge in [-0.05, 0) is 44.2 Å². The zero-order valence-electron chi connectivity index (χ0n) is 12.6. The first-order valence-electron chi connectivity index (χ1n) is 7.94. The van der Waals surface area contributed by atoms with E-state index in [1.807, 2.05) is 0 Å². The van der Waals surface area contributed by atoms with Crippen molar-refractivity contribution in [3.05, 3.63) is 35.4 Å². The van der Waals surface area contributed by atoms with Crippen LogP contribution >= 0.6 is 0 Å². The van der Waals surface area contributed by atoms with Crippen LogP contribution in [0.1, 0.15) is 43.6 Å². The molecule has 124 valence electrons. The maximum Gasteiger partial charge on any atom is 0.306 e. The summed E-state index contributed by atoms with van der Waals surface area (Å²) in [4.78, 5) is 23.1. The van der Waals surface area contributed by atoms with Crippen molar-refractivity contribution >= 4 is 11.9 Å². The number of nitrogens with one attached hydrogen (secondary N) is 1. The van der Waals surface area contributed by atoms with Gasteiger partial charge in [-0.25, -0.2) is 8.78 Å². The van der Waals surface area contributed by atoms with E-state index in [1.165, 1.54) is 18.2 Å². The van der Waals surface area contributed by atoms with Crippen molar-refractivity contribution in [3.63, 3.8) is 0 Å². The fourth-order valence-electron chi connectivity index (χ4n) is 3.44. The van der Waals surface area contributed by atoms with Gasteiger partial charge in [0.25, 0.3) is 0 Å². The molecule has 1 aromatic carbocycles. The molecule has 0 saturated heterocycles. The Morgan fingerprint density at radius 2 is 1.61 bits per heavy atom. The molecule has 0 aliphatic heterocycles. The number of benzene rings is 1. The van der Waals surface area contributed by atoms with Crippen LogP contribution in [0.3, 0.4) is 0 Å². The van der Waals surface area contributed by atoms with Crippen LogP contribution in [0.2, 0.25) is 0 Å². The van der Waals surface area contributed by atoms with Crippen LogP contribution in [0.15, 0.2) is 18.2 Å². The molecule has 2 fully saturated rings. The molecule has 2 aliphatic rings. The highest BCUT2D eigenvalue weighted by molar-refractivity contribution is 5.80. The van der Waals surface area contributed by atoms with E-state index in [9.17, 15) is 18.4 Å². The zero-order valence-corrected chi connectivity index (χ0v) is 12.6. The number of hydrogen-bond acceptors (Lipinski definition) is 2. The number of aliphatic carboxylic acids is 1. The predicted octanol–water partition coefficient (Wildman–Crippen LogP) is 2.83. The Bertz CT molecular complexity index is 606. The van der Waals surface area contributed by atoms with E-state index in [0.717, 1.165) is 0 Å². The molecule has 0 radical (unpaired) electrons. The van der Waals surface area contributed by atoms with E-state index in [-0.39, 0.29) is 35.3 Å². The molecule has 0 bridgehead atoms. The number of carbonyl (C=O) groups excluding carboxylic acids is 1. The van der Waals surface area contributed by atoms with Crippen LogP contribution in [0.4, 0.5) is 8.78 Å². The first-order chi connectivity index (χ1) is 11.0. The zero-order chi connectivity index (χ0) is 16.6. The van der Waals surface area contributed by atoms with Gasteiger partial charge in [0, 0.05) is 23.4 Å². The van der Waals surface area contributed by atoms with Crippen molar-refractivity contribution in [1.82, 2.24) is 5.32 Å². The average Bonchev–Trinajstić information content (AvgIpc) is 3.26. The van der Waals surface area contributed by atoms with Gasteiger partial charge in [-0.2, -0.15) is 0 Å². The molecular formula is C17H19F2NO3. The first kappa shape index (κ1) is 15.9. The maximum atomic E-state index is 13.7. The van der Waals surface area contributed by atoms with Gasteiger partial charge >= 0.3 is 5.97 Å². The Hall–Kier alpha value is -1.98. The Morgan fingerprint density at radius 3 is 2.17 bits per heavy atom. The molecule has 1 aromatic rings. The molecule has 0 aromatic heterocycles. The van der Waals surface area contributed by atoms with Crippen LogP contribution in [-0.4, -0.2) is 23.0 Å². The summed E-state index contributed by atoms with van der Waals surface area (Å²) in [7, 11) is 0. The quantitative estimate of drug-likeness (QED) is 0.895. The number of halogens is 2. The van der Waals surface area contributed by atoms with E-state index in [0.29, 0.717) is 32.1 Å². The Kier molecular flexibility index (Phi) is 4.33. The van der Waals surface area contributed by atoms with Crippen molar-refractivity contribution < 1.29 is 23.5 Å². The van der Waals surface area contributed by atoms with Crippen molar-refractivity contribution in [2.75, 3.05) is 0 Å². The molecule has 2 unspecified atom stereocenters. The molecule has 2 N–H and O–H groups in total. The number of amides is 1. The monoisotopic (exact) mass is 323 g/mol. The molecule has 23 heavy (non-hydrogen) atoms. The van der Waals surface area contributed by atoms with Gasteiger partial charge in [-0.15, -0.1) is 0 Å². The maximum absolute atomic E-state index is 13.7. The second-order valence-corrected chi connectivity index (χ2v) is 6.48. The van der Waals surface area contributed by atoms with Crippen molar-refractivity contribution in [2.45, 2.75) is 44.1 Å². The fourth-order valence-corrected chi connectivity index (χ4v) is 3.44. The van der Waals surface area contributed by atoms with Gasteiger partial charge in [0.1, 0.15) is 11.6 Å². The smallest absolute Gasteiger partial charge is 0.306 e. The highest BCUT2D eigenvalue weighted by Gasteiger charge is 2.43. The fraction of sp³-hybridized carbons (Fsp3) is 0.529. The summed E-state index contributed by atoms with van der Waals surface area (Å²) >= 11 is 0. The van der Waals surface area contributed by atoms with E-state index < -0.39 is 17.6 Å². The van der Waals surface area contributed by atoms with Crippen LogP contribution < -0.4 is 5.32 Å². The van der Waals surface area contributed by atoms with Crippen molar-refractivity contribution in [2.24, 2.45) is 11.8 Å². The lowest BCUT2D eigenvalue weighted by Crippen LogP contribution is -2.36. The highest BCUT2D eigenvalue weighted by atomic mass is 19.1. The molecular weight excluding hydrogens is 304 g/mol. The van der Waals surface area contributed by atoms with Gasteiger partial charge < -0.3 is 10.4 Å². The standard InChI is InChI=1S/C17H19F2NO3/c18-12-2-1-3-13(19)15(12)11-8-14(11)20-16(21)9-4-6-10(7-5-9)17(22)23/h1-3,9-11,14H,4-8H2,(H,20,21)(H,22,23). The van der Waals surface area contributed by atoms with Crippen LogP contribution in [-0.2, 0) is 9.59 Å². The predicted molar refractivity (Wildman–Crippen MR) is 78.7 cm³/mol. The Balaban J connectivity index is 1.54. The number of hydrogen-bond donors (Lipinski definition) is 2. The van der Waals surface area contributed by atoms with E-state index in [4.69, 9.17) is 5.11 Å². The minimum absolute atomic E-state index is 0.0485. The third kappa shape index (κ3) is 3.35. The van der Waals surface area contributed by atoms with Crippen LogP contribution in [0.5, 0.6) is 0 Å². The molecule has 2 atom stereocenters.